The molecule has 0 aliphatic carbocycles. The van der Waals surface area contributed by atoms with E-state index in [1.54, 1.807) is 36.1 Å². The first kappa shape index (κ1) is 22.2. The van der Waals surface area contributed by atoms with E-state index in [4.69, 9.17) is 4.74 Å². The Hall–Kier alpha value is -3.10. The average Bonchev–Trinajstić information content (AvgIpc) is 2.92. The van der Waals surface area contributed by atoms with Gasteiger partial charge in [-0.15, -0.1) is 0 Å². The van der Waals surface area contributed by atoms with Crippen LogP contribution in [0.1, 0.15) is 26.3 Å². The molecule has 1 atom stereocenters. The van der Waals surface area contributed by atoms with Gasteiger partial charge in [-0.1, -0.05) is 12.1 Å². The van der Waals surface area contributed by atoms with Crippen molar-refractivity contribution in [3.63, 3.8) is 0 Å². The fourth-order valence-corrected chi connectivity index (χ4v) is 3.18. The summed E-state index contributed by atoms with van der Waals surface area (Å²) >= 11 is 0. The maximum atomic E-state index is 12.9. The van der Waals surface area contributed by atoms with Crippen LogP contribution in [0, 0.1) is 0 Å². The lowest BCUT2D eigenvalue weighted by Gasteiger charge is -2.25. The standard InChI is InChI=1S/C20H28N4O5/c1-6-23(7-2)17(26)12-22(4)16(25)13-24-18(27)20(3,21-19(24)28)14-8-10-15(29-5)11-9-14/h8-11H,6-7,12-13H2,1-5H3,(H,21,28)/t20-/m0/s1. The van der Waals surface area contributed by atoms with Gasteiger partial charge in [-0.2, -0.15) is 0 Å². The molecule has 158 valence electrons. The Labute approximate surface area is 170 Å². The van der Waals surface area contributed by atoms with Crippen molar-refractivity contribution < 1.29 is 23.9 Å². The fourth-order valence-electron chi connectivity index (χ4n) is 3.18. The molecule has 0 unspecified atom stereocenters. The van der Waals surface area contributed by atoms with E-state index in [0.717, 1.165) is 4.90 Å². The molecule has 0 bridgehead atoms. The van der Waals surface area contributed by atoms with Crippen LogP contribution in [0.3, 0.4) is 0 Å². The van der Waals surface area contributed by atoms with Crippen LogP contribution < -0.4 is 10.1 Å². The van der Waals surface area contributed by atoms with E-state index in [2.05, 4.69) is 5.32 Å². The average molecular weight is 404 g/mol. The summed E-state index contributed by atoms with van der Waals surface area (Å²) in [5.74, 6) is -0.579. The third kappa shape index (κ3) is 4.49. The number of urea groups is 1. The number of likely N-dealkylation sites (N-methyl/N-ethyl adjacent to an activating group) is 2. The van der Waals surface area contributed by atoms with E-state index in [0.29, 0.717) is 24.4 Å². The largest absolute Gasteiger partial charge is 0.497 e. The number of ether oxygens (including phenoxy) is 1. The lowest BCUT2D eigenvalue weighted by atomic mass is 9.92. The quantitative estimate of drug-likeness (QED) is 0.646. The fraction of sp³-hybridized carbons (Fsp3) is 0.500. The van der Waals surface area contributed by atoms with Crippen molar-refractivity contribution in [1.29, 1.82) is 0 Å². The number of carbonyl (C=O) groups excluding carboxylic acids is 4. The topological polar surface area (TPSA) is 99.3 Å². The molecule has 2 rings (SSSR count). The van der Waals surface area contributed by atoms with Gasteiger partial charge in [-0.05, 0) is 38.5 Å². The molecule has 1 N–H and O–H groups in total. The van der Waals surface area contributed by atoms with Gasteiger partial charge in [0.15, 0.2) is 0 Å². The van der Waals surface area contributed by atoms with Crippen molar-refractivity contribution in [2.45, 2.75) is 26.3 Å². The zero-order valence-electron chi connectivity index (χ0n) is 17.5. The van der Waals surface area contributed by atoms with E-state index in [1.807, 2.05) is 13.8 Å². The van der Waals surface area contributed by atoms with Crippen molar-refractivity contribution in [2.24, 2.45) is 0 Å². The molecule has 0 spiro atoms. The minimum absolute atomic E-state index is 0.111. The van der Waals surface area contributed by atoms with Gasteiger partial charge in [0, 0.05) is 20.1 Å². The van der Waals surface area contributed by atoms with Crippen molar-refractivity contribution in [3.8, 4) is 5.75 Å². The summed E-state index contributed by atoms with van der Waals surface area (Å²) in [4.78, 5) is 53.8. The van der Waals surface area contributed by atoms with Crippen molar-refractivity contribution in [1.82, 2.24) is 20.0 Å². The second-order valence-corrected chi connectivity index (χ2v) is 6.99. The van der Waals surface area contributed by atoms with Crippen LogP contribution in [0.2, 0.25) is 0 Å². The Bertz CT molecular complexity index is 791. The number of amides is 5. The number of imide groups is 1. The summed E-state index contributed by atoms with van der Waals surface area (Å²) in [6.45, 7) is 5.85. The zero-order valence-corrected chi connectivity index (χ0v) is 17.5. The first-order valence-corrected chi connectivity index (χ1v) is 9.48. The van der Waals surface area contributed by atoms with Crippen LogP contribution in [0.15, 0.2) is 24.3 Å². The Morgan fingerprint density at radius 1 is 1.10 bits per heavy atom. The van der Waals surface area contributed by atoms with E-state index in [1.165, 1.54) is 19.1 Å². The molecule has 1 aromatic carbocycles. The van der Waals surface area contributed by atoms with Crippen LogP contribution in [0.25, 0.3) is 0 Å². The maximum absolute atomic E-state index is 12.9. The van der Waals surface area contributed by atoms with Gasteiger partial charge < -0.3 is 19.9 Å². The highest BCUT2D eigenvalue weighted by Gasteiger charge is 2.49. The summed E-state index contributed by atoms with van der Waals surface area (Å²) in [5, 5.41) is 2.66. The Balaban J connectivity index is 2.09. The summed E-state index contributed by atoms with van der Waals surface area (Å²) in [6, 6.07) is 6.13. The first-order chi connectivity index (χ1) is 13.7. The van der Waals surface area contributed by atoms with Crippen LogP contribution in [-0.2, 0) is 19.9 Å². The third-order valence-electron chi connectivity index (χ3n) is 5.15. The van der Waals surface area contributed by atoms with Gasteiger partial charge in [-0.25, -0.2) is 4.79 Å². The summed E-state index contributed by atoms with van der Waals surface area (Å²) in [6.07, 6.45) is 0. The molecule has 0 radical (unpaired) electrons. The number of benzene rings is 1. The Morgan fingerprint density at radius 3 is 2.21 bits per heavy atom. The lowest BCUT2D eigenvalue weighted by Crippen LogP contribution is -2.46. The second-order valence-electron chi connectivity index (χ2n) is 6.99. The molecular weight excluding hydrogens is 376 g/mol. The number of methoxy groups -OCH3 is 1. The third-order valence-corrected chi connectivity index (χ3v) is 5.15. The Morgan fingerprint density at radius 2 is 1.69 bits per heavy atom. The number of carbonyl (C=O) groups is 4. The van der Waals surface area contributed by atoms with Crippen LogP contribution in [0.5, 0.6) is 5.75 Å². The number of nitrogens with one attached hydrogen (secondary N) is 1. The number of hydrogen-bond donors (Lipinski definition) is 1. The highest BCUT2D eigenvalue weighted by atomic mass is 16.5. The lowest BCUT2D eigenvalue weighted by molar-refractivity contribution is -0.141. The normalized spacial score (nSPS) is 18.4. The molecule has 1 saturated heterocycles. The van der Waals surface area contributed by atoms with E-state index >= 15 is 0 Å². The number of hydrogen-bond acceptors (Lipinski definition) is 5. The predicted octanol–water partition coefficient (Wildman–Crippen LogP) is 0.789. The molecule has 1 aliphatic heterocycles. The van der Waals surface area contributed by atoms with E-state index in [-0.39, 0.29) is 12.5 Å². The van der Waals surface area contributed by atoms with Crippen LogP contribution in [-0.4, -0.2) is 78.8 Å². The monoisotopic (exact) mass is 404 g/mol. The molecule has 1 heterocycles. The van der Waals surface area contributed by atoms with Gasteiger partial charge in [0.1, 0.15) is 17.8 Å². The number of rotatable bonds is 8. The molecule has 1 aliphatic rings. The van der Waals surface area contributed by atoms with Gasteiger partial charge in [0.05, 0.1) is 13.7 Å². The smallest absolute Gasteiger partial charge is 0.325 e. The van der Waals surface area contributed by atoms with Crippen molar-refractivity contribution in [2.75, 3.05) is 40.3 Å². The molecular formula is C20H28N4O5. The van der Waals surface area contributed by atoms with E-state index < -0.39 is 29.9 Å². The minimum atomic E-state index is -1.28. The Kier molecular flexibility index (Phi) is 6.84. The SMILES string of the molecule is CCN(CC)C(=O)CN(C)C(=O)CN1C(=O)N[C@@](C)(c2ccc(OC)cc2)C1=O. The second kappa shape index (κ2) is 8.93. The highest BCUT2D eigenvalue weighted by molar-refractivity contribution is 6.09. The maximum Gasteiger partial charge on any atom is 0.325 e. The summed E-state index contributed by atoms with van der Waals surface area (Å²) in [7, 11) is 3.01. The van der Waals surface area contributed by atoms with Gasteiger partial charge in [0.2, 0.25) is 11.8 Å². The first-order valence-electron chi connectivity index (χ1n) is 9.48. The molecule has 0 aromatic heterocycles. The van der Waals surface area contributed by atoms with Gasteiger partial charge >= 0.3 is 6.03 Å². The summed E-state index contributed by atoms with van der Waals surface area (Å²) in [5.41, 5.74) is -0.698. The molecule has 1 fully saturated rings. The molecule has 9 nitrogen and oxygen atoms in total. The van der Waals surface area contributed by atoms with E-state index in [9.17, 15) is 19.2 Å². The molecule has 1 aromatic rings. The molecule has 29 heavy (non-hydrogen) atoms. The zero-order chi connectivity index (χ0) is 21.8. The highest BCUT2D eigenvalue weighted by Crippen LogP contribution is 2.30. The van der Waals surface area contributed by atoms with Crippen molar-refractivity contribution in [3.05, 3.63) is 29.8 Å². The summed E-state index contributed by atoms with van der Waals surface area (Å²) < 4.78 is 5.11. The van der Waals surface area contributed by atoms with Crippen molar-refractivity contribution >= 4 is 23.8 Å². The number of nitrogens with zero attached hydrogens (tertiary/aromatic N) is 3. The predicted molar refractivity (Wildman–Crippen MR) is 106 cm³/mol. The molecule has 9 heteroatoms. The minimum Gasteiger partial charge on any atom is -0.497 e. The molecule has 5 amide bonds. The van der Waals surface area contributed by atoms with Crippen LogP contribution >= 0.6 is 0 Å². The van der Waals surface area contributed by atoms with Crippen LogP contribution in [0.4, 0.5) is 4.79 Å². The van der Waals surface area contributed by atoms with Gasteiger partial charge in [-0.3, -0.25) is 19.3 Å². The van der Waals surface area contributed by atoms with Gasteiger partial charge in [0.25, 0.3) is 5.91 Å². The molecule has 0 saturated carbocycles.